The van der Waals surface area contributed by atoms with E-state index in [1.165, 1.54) is 18.2 Å². The Morgan fingerprint density at radius 3 is 2.68 bits per heavy atom. The zero-order chi connectivity index (χ0) is 19.8. The summed E-state index contributed by atoms with van der Waals surface area (Å²) >= 11 is 0. The summed E-state index contributed by atoms with van der Waals surface area (Å²) < 4.78 is 10.7. The second kappa shape index (κ2) is 10.3. The molecule has 9 heteroatoms. The summed E-state index contributed by atoms with van der Waals surface area (Å²) in [6.07, 6.45) is 5.32. The highest BCUT2D eigenvalue weighted by Gasteiger charge is 2.29. The van der Waals surface area contributed by atoms with Gasteiger partial charge in [0.1, 0.15) is 11.1 Å². The highest BCUT2D eigenvalue weighted by atomic mass is 33.1. The number of pyridine rings is 1. The van der Waals surface area contributed by atoms with E-state index < -0.39 is 11.1 Å². The van der Waals surface area contributed by atoms with E-state index >= 15 is 0 Å². The second-order valence-corrected chi connectivity index (χ2v) is 8.72. The smallest absolute Gasteiger partial charge is 0.429 e. The molecule has 28 heavy (non-hydrogen) atoms. The lowest BCUT2D eigenvalue weighted by Gasteiger charge is -2.23. The number of hydrogen-bond acceptors (Lipinski definition) is 8. The number of benzene rings is 1. The quantitative estimate of drug-likeness (QED) is 0.148. The molecule has 1 aliphatic rings. The Morgan fingerprint density at radius 1 is 1.11 bits per heavy atom. The number of nitrogens with zero attached hydrogens (tertiary/aromatic N) is 2. The lowest BCUT2D eigenvalue weighted by molar-refractivity contribution is -0.385. The largest absolute Gasteiger partial charge is 0.514 e. The van der Waals surface area contributed by atoms with Crippen LogP contribution in [0, 0.1) is 10.1 Å². The molecule has 0 aliphatic heterocycles. The molecule has 1 saturated carbocycles. The van der Waals surface area contributed by atoms with E-state index in [9.17, 15) is 14.9 Å². The molecule has 1 aromatic carbocycles. The van der Waals surface area contributed by atoms with Gasteiger partial charge in [-0.3, -0.25) is 10.1 Å². The van der Waals surface area contributed by atoms with Crippen LogP contribution in [0.1, 0.15) is 32.1 Å². The third-order valence-electron chi connectivity index (χ3n) is 4.29. The van der Waals surface area contributed by atoms with E-state index in [1.54, 1.807) is 33.9 Å². The van der Waals surface area contributed by atoms with Crippen molar-refractivity contribution in [3.8, 4) is 5.75 Å². The highest BCUT2D eigenvalue weighted by Crippen LogP contribution is 2.40. The maximum atomic E-state index is 12.3. The van der Waals surface area contributed by atoms with Crippen LogP contribution < -0.4 is 4.74 Å². The van der Waals surface area contributed by atoms with Crippen LogP contribution in [0.2, 0.25) is 0 Å². The van der Waals surface area contributed by atoms with E-state index in [2.05, 4.69) is 4.98 Å². The molecule has 7 nitrogen and oxygen atoms in total. The highest BCUT2D eigenvalue weighted by molar-refractivity contribution is 8.76. The van der Waals surface area contributed by atoms with Gasteiger partial charge >= 0.3 is 11.8 Å². The predicted octanol–water partition coefficient (Wildman–Crippen LogP) is 5.65. The summed E-state index contributed by atoms with van der Waals surface area (Å²) in [7, 11) is 3.20. The lowest BCUT2D eigenvalue weighted by Crippen LogP contribution is -2.29. The van der Waals surface area contributed by atoms with Gasteiger partial charge in [0, 0.05) is 12.3 Å². The molecule has 1 fully saturated rings. The SMILES string of the molecule is O=C(Oc1ccccc1[N+](=O)[O-])O[C@H]1CCCCC[C@@H]1SSc1ccccn1. The van der Waals surface area contributed by atoms with Crippen molar-refractivity contribution < 1.29 is 19.2 Å². The average Bonchev–Trinajstić information content (AvgIpc) is 2.92. The Kier molecular flexibility index (Phi) is 7.55. The first kappa shape index (κ1) is 20.5. The average molecular weight is 421 g/mol. The van der Waals surface area contributed by atoms with Crippen LogP contribution in [0.5, 0.6) is 5.75 Å². The number of para-hydroxylation sites is 2. The third-order valence-corrected chi connectivity index (χ3v) is 7.13. The molecule has 2 aromatic rings. The molecule has 0 amide bonds. The van der Waals surface area contributed by atoms with Crippen LogP contribution in [0.4, 0.5) is 10.5 Å². The van der Waals surface area contributed by atoms with Gasteiger partial charge in [-0.2, -0.15) is 0 Å². The van der Waals surface area contributed by atoms with Crippen molar-refractivity contribution in [2.45, 2.75) is 48.5 Å². The van der Waals surface area contributed by atoms with Gasteiger partial charge < -0.3 is 9.47 Å². The van der Waals surface area contributed by atoms with Crippen molar-refractivity contribution in [3.05, 3.63) is 58.8 Å². The Balaban J connectivity index is 1.62. The van der Waals surface area contributed by atoms with Crippen LogP contribution in [-0.4, -0.2) is 27.4 Å². The van der Waals surface area contributed by atoms with E-state index in [0.717, 1.165) is 37.1 Å². The van der Waals surface area contributed by atoms with Crippen LogP contribution in [0.3, 0.4) is 0 Å². The predicted molar refractivity (Wildman–Crippen MR) is 109 cm³/mol. The van der Waals surface area contributed by atoms with Gasteiger partial charge in [-0.1, -0.05) is 41.8 Å². The maximum Gasteiger partial charge on any atom is 0.514 e. The first-order valence-corrected chi connectivity index (χ1v) is 11.2. The Bertz CT molecular complexity index is 806. The number of rotatable bonds is 6. The summed E-state index contributed by atoms with van der Waals surface area (Å²) in [5.41, 5.74) is -0.267. The van der Waals surface area contributed by atoms with Crippen molar-refractivity contribution in [3.63, 3.8) is 0 Å². The van der Waals surface area contributed by atoms with Crippen molar-refractivity contribution in [2.75, 3.05) is 0 Å². The molecule has 0 spiro atoms. The first-order valence-electron chi connectivity index (χ1n) is 9.00. The minimum Gasteiger partial charge on any atom is -0.429 e. The molecular formula is C19H20N2O5S2. The van der Waals surface area contributed by atoms with Crippen LogP contribution in [0.15, 0.2) is 53.7 Å². The Labute approximate surface area is 170 Å². The van der Waals surface area contributed by atoms with Gasteiger partial charge in [0.15, 0.2) is 0 Å². The normalized spacial score (nSPS) is 19.4. The van der Waals surface area contributed by atoms with Gasteiger partial charge in [-0.25, -0.2) is 9.78 Å². The fourth-order valence-corrected chi connectivity index (χ4v) is 5.59. The monoisotopic (exact) mass is 420 g/mol. The van der Waals surface area contributed by atoms with Gasteiger partial charge in [0.05, 0.1) is 10.2 Å². The summed E-state index contributed by atoms with van der Waals surface area (Å²) in [6.45, 7) is 0. The van der Waals surface area contributed by atoms with Gasteiger partial charge in [0.2, 0.25) is 5.75 Å². The molecule has 1 aliphatic carbocycles. The molecule has 3 rings (SSSR count). The maximum absolute atomic E-state index is 12.3. The minimum absolute atomic E-state index is 0.104. The molecule has 2 atom stereocenters. The zero-order valence-electron chi connectivity index (χ0n) is 15.1. The molecular weight excluding hydrogens is 400 g/mol. The molecule has 0 radical (unpaired) electrons. The van der Waals surface area contributed by atoms with Crippen LogP contribution >= 0.6 is 21.6 Å². The number of nitro benzene ring substituents is 1. The molecule has 0 bridgehead atoms. The van der Waals surface area contributed by atoms with Crippen molar-refractivity contribution in [1.82, 2.24) is 4.98 Å². The summed E-state index contributed by atoms with van der Waals surface area (Å²) in [6, 6.07) is 11.5. The Morgan fingerprint density at radius 2 is 1.89 bits per heavy atom. The fourth-order valence-electron chi connectivity index (χ4n) is 2.92. The first-order chi connectivity index (χ1) is 13.6. The third kappa shape index (κ3) is 5.87. The van der Waals surface area contributed by atoms with E-state index in [1.807, 2.05) is 18.2 Å². The Hall–Kier alpha value is -2.26. The topological polar surface area (TPSA) is 91.6 Å². The molecule has 0 unspecified atom stereocenters. The number of aromatic nitrogens is 1. The van der Waals surface area contributed by atoms with Gasteiger partial charge in [-0.05, 0) is 48.3 Å². The van der Waals surface area contributed by atoms with Gasteiger partial charge in [0.25, 0.3) is 0 Å². The molecule has 0 saturated heterocycles. The fraction of sp³-hybridized carbons (Fsp3) is 0.368. The number of carbonyl (C=O) groups excluding carboxylic acids is 1. The van der Waals surface area contributed by atoms with E-state index in [4.69, 9.17) is 9.47 Å². The van der Waals surface area contributed by atoms with Crippen molar-refractivity contribution in [1.29, 1.82) is 0 Å². The summed E-state index contributed by atoms with van der Waals surface area (Å²) in [4.78, 5) is 27.1. The molecule has 1 aromatic heterocycles. The number of hydrogen-bond donors (Lipinski definition) is 0. The summed E-state index contributed by atoms with van der Waals surface area (Å²) in [5.74, 6) is -0.113. The van der Waals surface area contributed by atoms with Crippen LogP contribution in [0.25, 0.3) is 0 Å². The number of nitro groups is 1. The number of ether oxygens (including phenoxy) is 2. The number of carbonyl (C=O) groups is 1. The standard InChI is InChI=1S/C19H20N2O5S2/c22-19(25-15-9-5-4-8-14(15)21(23)24)26-16-10-2-1-3-11-17(16)27-28-18-12-6-7-13-20-18/h4-9,12-13,16-17H,1-3,10-11H2/t16-,17-/m0/s1. The summed E-state index contributed by atoms with van der Waals surface area (Å²) in [5, 5.41) is 12.1. The second-order valence-electron chi connectivity index (χ2n) is 6.26. The van der Waals surface area contributed by atoms with E-state index in [-0.39, 0.29) is 22.8 Å². The molecule has 148 valence electrons. The molecule has 1 heterocycles. The van der Waals surface area contributed by atoms with Crippen LogP contribution in [-0.2, 0) is 4.74 Å². The van der Waals surface area contributed by atoms with Crippen molar-refractivity contribution in [2.24, 2.45) is 0 Å². The van der Waals surface area contributed by atoms with E-state index in [0.29, 0.717) is 0 Å². The van der Waals surface area contributed by atoms with Crippen molar-refractivity contribution >= 4 is 33.4 Å². The van der Waals surface area contributed by atoms with Gasteiger partial charge in [-0.15, -0.1) is 0 Å². The molecule has 0 N–H and O–H groups in total. The lowest BCUT2D eigenvalue weighted by atomic mass is 10.1. The minimum atomic E-state index is -0.908. The zero-order valence-corrected chi connectivity index (χ0v) is 16.7.